The topological polar surface area (TPSA) is 85.1 Å². The maximum absolute atomic E-state index is 12.5. The Morgan fingerprint density at radius 1 is 1.07 bits per heavy atom. The zero-order chi connectivity index (χ0) is 19.4. The average Bonchev–Trinajstić information content (AvgIpc) is 2.65. The number of carbonyl (C=O) groups is 1. The van der Waals surface area contributed by atoms with Crippen molar-refractivity contribution in [2.75, 3.05) is 5.32 Å². The number of nitrogens with one attached hydrogen (secondary N) is 1. The molecule has 2 aromatic carbocycles. The van der Waals surface area contributed by atoms with Gasteiger partial charge in [0.05, 0.1) is 9.82 Å². The number of nitro groups is 1. The predicted octanol–water partition coefficient (Wildman–Crippen LogP) is 5.01. The number of anilines is 1. The van der Waals surface area contributed by atoms with E-state index in [1.165, 1.54) is 17.8 Å². The molecule has 0 saturated carbocycles. The molecule has 0 atom stereocenters. The molecule has 7 heteroatoms. The molecule has 1 amide bonds. The van der Waals surface area contributed by atoms with Crippen molar-refractivity contribution in [2.24, 2.45) is 0 Å². The molecule has 0 aliphatic rings. The van der Waals surface area contributed by atoms with E-state index in [4.69, 9.17) is 0 Å². The van der Waals surface area contributed by atoms with E-state index < -0.39 is 10.8 Å². The largest absolute Gasteiger partial charge is 0.322 e. The van der Waals surface area contributed by atoms with Gasteiger partial charge in [0.15, 0.2) is 0 Å². The van der Waals surface area contributed by atoms with Crippen molar-refractivity contribution in [3.8, 4) is 0 Å². The van der Waals surface area contributed by atoms with Crippen LogP contribution in [0.4, 0.5) is 11.4 Å². The molecule has 0 bridgehead atoms. The number of hydrogen-bond acceptors (Lipinski definition) is 5. The molecule has 0 fully saturated rings. The van der Waals surface area contributed by atoms with Gasteiger partial charge in [-0.25, -0.2) is 4.98 Å². The van der Waals surface area contributed by atoms with Crippen LogP contribution >= 0.6 is 11.8 Å². The normalized spacial score (nSPS) is 10.4. The van der Waals surface area contributed by atoms with Crippen molar-refractivity contribution in [3.05, 3.63) is 87.6 Å². The number of carbonyl (C=O) groups excluding carboxylic acids is 1. The quantitative estimate of drug-likeness (QED) is 0.497. The summed E-state index contributed by atoms with van der Waals surface area (Å²) in [5.74, 6) is -0.393. The number of benzene rings is 2. The van der Waals surface area contributed by atoms with Gasteiger partial charge in [-0.05, 0) is 61.4 Å². The van der Waals surface area contributed by atoms with E-state index in [0.29, 0.717) is 15.6 Å². The second-order valence-corrected chi connectivity index (χ2v) is 7.03. The molecule has 0 aliphatic carbocycles. The van der Waals surface area contributed by atoms with Crippen LogP contribution in [0.15, 0.2) is 70.7 Å². The van der Waals surface area contributed by atoms with Gasteiger partial charge in [-0.1, -0.05) is 23.9 Å². The zero-order valence-electron chi connectivity index (χ0n) is 14.8. The summed E-state index contributed by atoms with van der Waals surface area (Å²) in [6.45, 7) is 3.95. The number of pyridine rings is 1. The van der Waals surface area contributed by atoms with Crippen LogP contribution in [-0.4, -0.2) is 15.8 Å². The monoisotopic (exact) mass is 379 g/mol. The highest BCUT2D eigenvalue weighted by atomic mass is 32.2. The Morgan fingerprint density at radius 2 is 1.89 bits per heavy atom. The van der Waals surface area contributed by atoms with E-state index in [-0.39, 0.29) is 11.3 Å². The molecular formula is C20H17N3O3S. The predicted molar refractivity (Wildman–Crippen MR) is 105 cm³/mol. The van der Waals surface area contributed by atoms with Crippen LogP contribution in [-0.2, 0) is 0 Å². The SMILES string of the molecule is Cc1ccc(NC(=O)c2ccc(Sc3ccccn3)c([N+](=O)[O-])c2)cc1C. The fourth-order valence-corrected chi connectivity index (χ4v) is 3.29. The van der Waals surface area contributed by atoms with Gasteiger partial charge in [0.2, 0.25) is 0 Å². The van der Waals surface area contributed by atoms with E-state index in [1.807, 2.05) is 32.0 Å². The smallest absolute Gasteiger partial charge is 0.284 e. The highest BCUT2D eigenvalue weighted by Crippen LogP contribution is 2.34. The number of nitrogens with zero attached hydrogens (tertiary/aromatic N) is 2. The van der Waals surface area contributed by atoms with Gasteiger partial charge in [0, 0.05) is 23.5 Å². The maximum atomic E-state index is 12.5. The summed E-state index contributed by atoms with van der Waals surface area (Å²) >= 11 is 1.19. The van der Waals surface area contributed by atoms with Crippen molar-refractivity contribution in [1.82, 2.24) is 4.98 Å². The Kier molecular flexibility index (Phi) is 5.52. The van der Waals surface area contributed by atoms with E-state index in [0.717, 1.165) is 11.1 Å². The lowest BCUT2D eigenvalue weighted by molar-refractivity contribution is -0.387. The maximum Gasteiger partial charge on any atom is 0.284 e. The standard InChI is InChI=1S/C20H17N3O3S/c1-13-6-8-16(11-14(13)2)22-20(24)15-7-9-18(17(12-15)23(25)26)27-19-5-3-4-10-21-19/h3-12H,1-2H3,(H,22,24). The third kappa shape index (κ3) is 4.51. The molecule has 1 heterocycles. The molecule has 136 valence electrons. The second-order valence-electron chi connectivity index (χ2n) is 5.96. The zero-order valence-corrected chi connectivity index (χ0v) is 15.6. The van der Waals surface area contributed by atoms with E-state index >= 15 is 0 Å². The summed E-state index contributed by atoms with van der Waals surface area (Å²) in [6.07, 6.45) is 1.62. The second kappa shape index (κ2) is 8.01. The van der Waals surface area contributed by atoms with Gasteiger partial charge in [-0.2, -0.15) is 0 Å². The van der Waals surface area contributed by atoms with Crippen LogP contribution in [0.3, 0.4) is 0 Å². The van der Waals surface area contributed by atoms with Crippen molar-refractivity contribution in [1.29, 1.82) is 0 Å². The van der Waals surface area contributed by atoms with Gasteiger partial charge in [0.25, 0.3) is 11.6 Å². The average molecular weight is 379 g/mol. The molecule has 0 spiro atoms. The minimum Gasteiger partial charge on any atom is -0.322 e. The van der Waals surface area contributed by atoms with E-state index in [9.17, 15) is 14.9 Å². The first-order valence-electron chi connectivity index (χ1n) is 8.20. The Labute approximate surface area is 160 Å². The van der Waals surface area contributed by atoms with Gasteiger partial charge < -0.3 is 5.32 Å². The van der Waals surface area contributed by atoms with Gasteiger partial charge in [-0.15, -0.1) is 0 Å². The van der Waals surface area contributed by atoms with Crippen LogP contribution in [0.25, 0.3) is 0 Å². The van der Waals surface area contributed by atoms with Crippen molar-refractivity contribution in [2.45, 2.75) is 23.8 Å². The molecular weight excluding hydrogens is 362 g/mol. The van der Waals surface area contributed by atoms with Gasteiger partial charge in [0.1, 0.15) is 5.03 Å². The Bertz CT molecular complexity index is 1010. The summed E-state index contributed by atoms with van der Waals surface area (Å²) in [7, 11) is 0. The molecule has 3 aromatic rings. The fourth-order valence-electron chi connectivity index (χ4n) is 2.43. The minimum atomic E-state index is -0.488. The van der Waals surface area contributed by atoms with E-state index in [2.05, 4.69) is 10.3 Å². The molecule has 1 aromatic heterocycles. The third-order valence-corrected chi connectivity index (χ3v) is 5.05. The van der Waals surface area contributed by atoms with Crippen LogP contribution in [0.2, 0.25) is 0 Å². The molecule has 1 N–H and O–H groups in total. The third-order valence-electron chi connectivity index (χ3n) is 4.03. The number of amides is 1. The van der Waals surface area contributed by atoms with Crippen molar-refractivity contribution >= 4 is 29.0 Å². The molecule has 3 rings (SSSR count). The Balaban J connectivity index is 1.85. The number of hydrogen-bond donors (Lipinski definition) is 1. The van der Waals surface area contributed by atoms with Crippen molar-refractivity contribution < 1.29 is 9.72 Å². The number of nitro benzene ring substituents is 1. The first-order valence-corrected chi connectivity index (χ1v) is 9.01. The lowest BCUT2D eigenvalue weighted by Gasteiger charge is -2.09. The Hall–Kier alpha value is -3.19. The lowest BCUT2D eigenvalue weighted by atomic mass is 10.1. The van der Waals surface area contributed by atoms with Gasteiger partial charge >= 0.3 is 0 Å². The summed E-state index contributed by atoms with van der Waals surface area (Å²) < 4.78 is 0. The molecule has 0 unspecified atom stereocenters. The molecule has 0 saturated heterocycles. The van der Waals surface area contributed by atoms with Crippen LogP contribution < -0.4 is 5.32 Å². The summed E-state index contributed by atoms with van der Waals surface area (Å²) in [4.78, 5) is 28.1. The highest BCUT2D eigenvalue weighted by Gasteiger charge is 2.19. The van der Waals surface area contributed by atoms with Crippen LogP contribution in [0, 0.1) is 24.0 Å². The number of aryl methyl sites for hydroxylation is 2. The van der Waals surface area contributed by atoms with E-state index in [1.54, 1.807) is 36.5 Å². The lowest BCUT2D eigenvalue weighted by Crippen LogP contribution is -2.12. The first kappa shape index (κ1) is 18.6. The summed E-state index contributed by atoms with van der Waals surface area (Å²) in [6, 6.07) is 15.4. The number of rotatable bonds is 5. The summed E-state index contributed by atoms with van der Waals surface area (Å²) in [5, 5.41) is 14.9. The first-order chi connectivity index (χ1) is 12.9. The molecule has 0 radical (unpaired) electrons. The fraction of sp³-hybridized carbons (Fsp3) is 0.100. The van der Waals surface area contributed by atoms with Crippen molar-refractivity contribution in [3.63, 3.8) is 0 Å². The molecule has 27 heavy (non-hydrogen) atoms. The van der Waals surface area contributed by atoms with Crippen LogP contribution in [0.1, 0.15) is 21.5 Å². The van der Waals surface area contributed by atoms with Gasteiger partial charge in [-0.3, -0.25) is 14.9 Å². The summed E-state index contributed by atoms with van der Waals surface area (Å²) in [5.41, 5.74) is 2.93. The van der Waals surface area contributed by atoms with Crippen LogP contribution in [0.5, 0.6) is 0 Å². The Morgan fingerprint density at radius 3 is 2.56 bits per heavy atom. The minimum absolute atomic E-state index is 0.126. The molecule has 0 aliphatic heterocycles. The molecule has 6 nitrogen and oxygen atoms in total. The number of aromatic nitrogens is 1. The highest BCUT2D eigenvalue weighted by molar-refractivity contribution is 7.99.